The van der Waals surface area contributed by atoms with Crippen molar-refractivity contribution in [1.29, 1.82) is 0 Å². The first-order valence-electron chi connectivity index (χ1n) is 10.5. The van der Waals surface area contributed by atoms with Gasteiger partial charge in [0.1, 0.15) is 6.04 Å². The lowest BCUT2D eigenvalue weighted by atomic mass is 9.73. The summed E-state index contributed by atoms with van der Waals surface area (Å²) in [7, 11) is 0. The molecule has 180 valence electrons. The number of nitrogens with one attached hydrogen (secondary N) is 2. The molecule has 1 aromatic carbocycles. The fourth-order valence-electron chi connectivity index (χ4n) is 3.99. The molecule has 0 fully saturated rings. The molecule has 0 radical (unpaired) electrons. The number of carboxylic acids is 1. The third kappa shape index (κ3) is 4.99. The average Bonchev–Trinajstić information content (AvgIpc) is 2.76. The minimum atomic E-state index is -1.03. The summed E-state index contributed by atoms with van der Waals surface area (Å²) >= 11 is 15.4. The zero-order valence-corrected chi connectivity index (χ0v) is 22.0. The monoisotopic (exact) mass is 567 g/mol. The Morgan fingerprint density at radius 1 is 1.09 bits per heavy atom. The van der Waals surface area contributed by atoms with Gasteiger partial charge in [-0.05, 0) is 53.4 Å². The van der Waals surface area contributed by atoms with Gasteiger partial charge in [0.2, 0.25) is 0 Å². The molecule has 3 rings (SSSR count). The van der Waals surface area contributed by atoms with Crippen molar-refractivity contribution in [3.05, 3.63) is 68.0 Å². The summed E-state index contributed by atoms with van der Waals surface area (Å²) in [5, 5.41) is 16.1. The molecule has 34 heavy (non-hydrogen) atoms. The Kier molecular flexibility index (Phi) is 7.75. The number of amides is 1. The lowest BCUT2D eigenvalue weighted by Gasteiger charge is -2.40. The summed E-state index contributed by atoms with van der Waals surface area (Å²) in [5.41, 5.74) is 1.18. The Labute approximate surface area is 216 Å². The predicted molar refractivity (Wildman–Crippen MR) is 136 cm³/mol. The first kappa shape index (κ1) is 26.2. The molecule has 1 heterocycles. The number of allylic oxidation sites excluding steroid dienone is 2. The zero-order valence-electron chi connectivity index (χ0n) is 18.9. The van der Waals surface area contributed by atoms with E-state index in [2.05, 4.69) is 31.5 Å². The average molecular weight is 569 g/mol. The number of carboxylic acid groups (broad SMARTS) is 1. The molecular formula is C24H24BrCl2N3O4. The lowest BCUT2D eigenvalue weighted by molar-refractivity contribution is -0.140. The van der Waals surface area contributed by atoms with Crippen LogP contribution in [-0.4, -0.2) is 33.8 Å². The molecule has 0 bridgehead atoms. The molecule has 0 saturated heterocycles. The summed E-state index contributed by atoms with van der Waals surface area (Å²) in [4.78, 5) is 40.9. The maximum Gasteiger partial charge on any atom is 0.326 e. The number of ketones is 1. The van der Waals surface area contributed by atoms with E-state index in [1.54, 1.807) is 38.1 Å². The smallest absolute Gasteiger partial charge is 0.326 e. The van der Waals surface area contributed by atoms with Crippen LogP contribution in [0.3, 0.4) is 0 Å². The number of hydrogen-bond acceptors (Lipinski definition) is 5. The molecule has 7 nitrogen and oxygen atoms in total. The van der Waals surface area contributed by atoms with Gasteiger partial charge in [-0.2, -0.15) is 0 Å². The third-order valence-corrected chi connectivity index (χ3v) is 7.22. The summed E-state index contributed by atoms with van der Waals surface area (Å²) in [6.45, 7) is 7.38. The van der Waals surface area contributed by atoms with E-state index in [1.165, 1.54) is 12.4 Å². The third-order valence-electron chi connectivity index (χ3n) is 5.89. The number of aromatic nitrogens is 1. The minimum Gasteiger partial charge on any atom is -0.480 e. The molecule has 0 aliphatic heterocycles. The van der Waals surface area contributed by atoms with Crippen LogP contribution in [0.2, 0.25) is 10.0 Å². The molecular weight excluding hydrogens is 545 g/mol. The number of aliphatic carboxylic acids is 1. The first-order valence-corrected chi connectivity index (χ1v) is 12.1. The number of rotatable bonds is 8. The van der Waals surface area contributed by atoms with Gasteiger partial charge in [-0.15, -0.1) is 0 Å². The highest BCUT2D eigenvalue weighted by molar-refractivity contribution is 9.12. The van der Waals surface area contributed by atoms with Gasteiger partial charge in [0.25, 0.3) is 5.91 Å². The Hall–Kier alpha value is -2.42. The standard InChI is InChI=1S/C24H24BrCl2N3O4/c1-11(2)16(19(23(33)34)30-20-18(25)21(31)24(20,3)4)12-5-7-13(8-6-12)29-22(32)17-14(26)9-28-10-15(17)27/h5-11,16,19,30H,1-4H3,(H,29,32)(H,33,34)/t16?,19-/m0/s1. The van der Waals surface area contributed by atoms with Crippen molar-refractivity contribution >= 4 is 62.5 Å². The zero-order chi connectivity index (χ0) is 25.4. The van der Waals surface area contributed by atoms with E-state index >= 15 is 0 Å². The van der Waals surface area contributed by atoms with Crippen molar-refractivity contribution in [2.45, 2.75) is 39.7 Å². The molecule has 1 aromatic heterocycles. The molecule has 2 atom stereocenters. The van der Waals surface area contributed by atoms with Crippen LogP contribution in [0.15, 0.2) is 46.8 Å². The molecule has 2 aromatic rings. The fraction of sp³-hybridized carbons (Fsp3) is 0.333. The number of nitrogens with zero attached hydrogens (tertiary/aromatic N) is 1. The number of benzene rings is 1. The van der Waals surface area contributed by atoms with Crippen molar-refractivity contribution in [1.82, 2.24) is 10.3 Å². The van der Waals surface area contributed by atoms with Crippen LogP contribution in [-0.2, 0) is 9.59 Å². The highest BCUT2D eigenvalue weighted by atomic mass is 79.9. The largest absolute Gasteiger partial charge is 0.480 e. The number of Topliss-reactive ketones (excluding diaryl/α,β-unsaturated/α-hetero) is 1. The predicted octanol–water partition coefficient (Wildman–Crippen LogP) is 5.64. The first-order chi connectivity index (χ1) is 15.9. The number of pyridine rings is 1. The summed E-state index contributed by atoms with van der Waals surface area (Å²) < 4.78 is 0.373. The van der Waals surface area contributed by atoms with Gasteiger partial charge in [-0.25, -0.2) is 4.79 Å². The molecule has 0 saturated carbocycles. The molecule has 1 aliphatic rings. The van der Waals surface area contributed by atoms with E-state index in [0.717, 1.165) is 5.56 Å². The van der Waals surface area contributed by atoms with Gasteiger partial charge < -0.3 is 15.7 Å². The van der Waals surface area contributed by atoms with Crippen LogP contribution in [0.5, 0.6) is 0 Å². The molecule has 3 N–H and O–H groups in total. The van der Waals surface area contributed by atoms with Gasteiger partial charge in [0.15, 0.2) is 5.78 Å². The fourth-order valence-corrected chi connectivity index (χ4v) is 5.63. The molecule has 1 aliphatic carbocycles. The van der Waals surface area contributed by atoms with Gasteiger partial charge in [0.05, 0.1) is 25.5 Å². The second kappa shape index (κ2) is 10.1. The molecule has 1 unspecified atom stereocenters. The SMILES string of the molecule is CC(C)C(c1ccc(NC(=O)c2c(Cl)cncc2Cl)cc1)[C@H](NC1=C(Br)C(=O)C1(C)C)C(=O)O. The van der Waals surface area contributed by atoms with Crippen molar-refractivity contribution in [3.63, 3.8) is 0 Å². The van der Waals surface area contributed by atoms with Crippen LogP contribution in [0.25, 0.3) is 0 Å². The lowest BCUT2D eigenvalue weighted by Crippen LogP contribution is -2.51. The Balaban J connectivity index is 1.85. The number of anilines is 1. The van der Waals surface area contributed by atoms with Crippen LogP contribution >= 0.6 is 39.1 Å². The van der Waals surface area contributed by atoms with Crippen molar-refractivity contribution < 1.29 is 19.5 Å². The quantitative estimate of drug-likeness (QED) is 0.380. The van der Waals surface area contributed by atoms with E-state index in [-0.39, 0.29) is 27.3 Å². The Morgan fingerprint density at radius 2 is 1.65 bits per heavy atom. The maximum absolute atomic E-state index is 12.6. The van der Waals surface area contributed by atoms with Crippen LogP contribution < -0.4 is 10.6 Å². The summed E-state index contributed by atoms with van der Waals surface area (Å²) in [5.74, 6) is -2.03. The van der Waals surface area contributed by atoms with Gasteiger partial charge in [-0.1, -0.05) is 49.2 Å². The molecule has 10 heteroatoms. The van der Waals surface area contributed by atoms with Crippen LogP contribution in [0, 0.1) is 11.3 Å². The van der Waals surface area contributed by atoms with Crippen molar-refractivity contribution in [3.8, 4) is 0 Å². The number of carbonyl (C=O) groups is 3. The van der Waals surface area contributed by atoms with Crippen LogP contribution in [0.4, 0.5) is 5.69 Å². The van der Waals surface area contributed by atoms with E-state index in [0.29, 0.717) is 15.9 Å². The van der Waals surface area contributed by atoms with E-state index < -0.39 is 29.3 Å². The Bertz CT molecular complexity index is 1160. The van der Waals surface area contributed by atoms with Crippen molar-refractivity contribution in [2.75, 3.05) is 5.32 Å². The second-order valence-electron chi connectivity index (χ2n) is 8.93. The normalized spacial score (nSPS) is 16.6. The van der Waals surface area contributed by atoms with Gasteiger partial charge in [0, 0.05) is 29.7 Å². The molecule has 0 spiro atoms. The second-order valence-corrected chi connectivity index (χ2v) is 10.5. The summed E-state index contributed by atoms with van der Waals surface area (Å²) in [6, 6.07) is 5.96. The van der Waals surface area contributed by atoms with Crippen LogP contribution in [0.1, 0.15) is 49.5 Å². The van der Waals surface area contributed by atoms with E-state index in [1.807, 2.05) is 13.8 Å². The topological polar surface area (TPSA) is 108 Å². The van der Waals surface area contributed by atoms with Gasteiger partial charge in [-0.3, -0.25) is 14.6 Å². The highest BCUT2D eigenvalue weighted by Gasteiger charge is 2.48. The molecule has 1 amide bonds. The van der Waals surface area contributed by atoms with E-state index in [9.17, 15) is 19.5 Å². The highest BCUT2D eigenvalue weighted by Crippen LogP contribution is 2.44. The van der Waals surface area contributed by atoms with Gasteiger partial charge >= 0.3 is 5.97 Å². The number of halogens is 3. The number of carbonyl (C=O) groups excluding carboxylic acids is 2. The van der Waals surface area contributed by atoms with Crippen molar-refractivity contribution in [2.24, 2.45) is 11.3 Å². The minimum absolute atomic E-state index is 0.0401. The Morgan fingerprint density at radius 3 is 2.12 bits per heavy atom. The van der Waals surface area contributed by atoms with E-state index in [4.69, 9.17) is 23.2 Å². The number of hydrogen-bond donors (Lipinski definition) is 3. The maximum atomic E-state index is 12.6. The summed E-state index contributed by atoms with van der Waals surface area (Å²) in [6.07, 6.45) is 2.67.